The Labute approximate surface area is 119 Å². The zero-order valence-corrected chi connectivity index (χ0v) is 13.0. The first-order valence-corrected chi connectivity index (χ1v) is 8.34. The van der Waals surface area contributed by atoms with Gasteiger partial charge in [0, 0.05) is 18.6 Å². The average molecular weight is 267 g/mol. The molecule has 0 aromatic rings. The van der Waals surface area contributed by atoms with Gasteiger partial charge in [-0.25, -0.2) is 0 Å². The van der Waals surface area contributed by atoms with E-state index >= 15 is 0 Å². The fourth-order valence-corrected chi connectivity index (χ4v) is 3.77. The van der Waals surface area contributed by atoms with Crippen molar-refractivity contribution in [3.05, 3.63) is 0 Å². The molecule has 1 aliphatic carbocycles. The van der Waals surface area contributed by atoms with Gasteiger partial charge in [-0.1, -0.05) is 13.3 Å². The Morgan fingerprint density at radius 1 is 1.21 bits per heavy atom. The SMILES string of the molecule is CCCN1CCCC(CN)(N(C)CC2CCC2)CC1. The van der Waals surface area contributed by atoms with E-state index in [0.717, 1.165) is 12.5 Å². The van der Waals surface area contributed by atoms with Crippen molar-refractivity contribution in [2.24, 2.45) is 11.7 Å². The van der Waals surface area contributed by atoms with Crippen LogP contribution in [0, 0.1) is 5.92 Å². The van der Waals surface area contributed by atoms with E-state index in [1.54, 1.807) is 0 Å². The maximum absolute atomic E-state index is 6.20. The summed E-state index contributed by atoms with van der Waals surface area (Å²) in [7, 11) is 2.32. The topological polar surface area (TPSA) is 32.5 Å². The van der Waals surface area contributed by atoms with Crippen LogP contribution < -0.4 is 5.73 Å². The summed E-state index contributed by atoms with van der Waals surface area (Å²) in [5.41, 5.74) is 6.48. The van der Waals surface area contributed by atoms with Gasteiger partial charge in [-0.05, 0) is 71.1 Å². The number of nitrogens with two attached hydrogens (primary N) is 1. The highest BCUT2D eigenvalue weighted by Gasteiger charge is 2.36. The Bertz CT molecular complexity index is 265. The second kappa shape index (κ2) is 7.05. The number of likely N-dealkylation sites (N-methyl/N-ethyl adjacent to an activating group) is 1. The fourth-order valence-electron chi connectivity index (χ4n) is 3.77. The molecule has 1 saturated carbocycles. The lowest BCUT2D eigenvalue weighted by atomic mass is 9.82. The van der Waals surface area contributed by atoms with Crippen LogP contribution in [0.2, 0.25) is 0 Å². The third-order valence-corrected chi connectivity index (χ3v) is 5.50. The van der Waals surface area contributed by atoms with Crippen molar-refractivity contribution in [1.82, 2.24) is 9.80 Å². The van der Waals surface area contributed by atoms with Gasteiger partial charge >= 0.3 is 0 Å². The minimum absolute atomic E-state index is 0.276. The predicted molar refractivity (Wildman–Crippen MR) is 82.3 cm³/mol. The van der Waals surface area contributed by atoms with Crippen LogP contribution in [0.15, 0.2) is 0 Å². The zero-order valence-electron chi connectivity index (χ0n) is 13.0. The third-order valence-electron chi connectivity index (χ3n) is 5.50. The first kappa shape index (κ1) is 15.3. The van der Waals surface area contributed by atoms with Crippen molar-refractivity contribution in [3.8, 4) is 0 Å². The fraction of sp³-hybridized carbons (Fsp3) is 1.00. The molecule has 1 heterocycles. The lowest BCUT2D eigenvalue weighted by Gasteiger charge is -2.44. The summed E-state index contributed by atoms with van der Waals surface area (Å²) >= 11 is 0. The molecule has 0 bridgehead atoms. The van der Waals surface area contributed by atoms with E-state index in [1.807, 2.05) is 0 Å². The van der Waals surface area contributed by atoms with Crippen molar-refractivity contribution in [2.75, 3.05) is 39.8 Å². The number of rotatable bonds is 6. The lowest BCUT2D eigenvalue weighted by Crippen LogP contribution is -2.54. The molecule has 3 heteroatoms. The Kier molecular flexibility index (Phi) is 5.67. The first-order valence-electron chi connectivity index (χ1n) is 8.34. The monoisotopic (exact) mass is 267 g/mol. The summed E-state index contributed by atoms with van der Waals surface area (Å²) in [5.74, 6) is 0.948. The minimum atomic E-state index is 0.276. The van der Waals surface area contributed by atoms with Gasteiger partial charge in [-0.2, -0.15) is 0 Å². The maximum Gasteiger partial charge on any atom is 0.0341 e. The molecule has 0 spiro atoms. The Morgan fingerprint density at radius 3 is 2.58 bits per heavy atom. The standard InChI is InChI=1S/C16H33N3/c1-3-10-19-11-5-8-16(14-17,9-12-19)18(2)13-15-6-4-7-15/h15H,3-14,17H2,1-2H3. The molecule has 112 valence electrons. The number of nitrogens with zero attached hydrogens (tertiary/aromatic N) is 2. The van der Waals surface area contributed by atoms with Crippen molar-refractivity contribution in [1.29, 1.82) is 0 Å². The minimum Gasteiger partial charge on any atom is -0.329 e. The summed E-state index contributed by atoms with van der Waals surface area (Å²) in [6.45, 7) is 8.14. The molecule has 3 nitrogen and oxygen atoms in total. The molecule has 2 rings (SSSR count). The van der Waals surface area contributed by atoms with E-state index in [-0.39, 0.29) is 5.54 Å². The highest BCUT2D eigenvalue weighted by Crippen LogP contribution is 2.32. The molecular weight excluding hydrogens is 234 g/mol. The van der Waals surface area contributed by atoms with Crippen LogP contribution in [0.1, 0.15) is 51.9 Å². The van der Waals surface area contributed by atoms with E-state index in [2.05, 4.69) is 23.8 Å². The van der Waals surface area contributed by atoms with Crippen LogP contribution in [0.5, 0.6) is 0 Å². The second-order valence-electron chi connectivity index (χ2n) is 6.80. The lowest BCUT2D eigenvalue weighted by molar-refractivity contribution is 0.0716. The molecule has 1 aliphatic heterocycles. The van der Waals surface area contributed by atoms with E-state index in [0.29, 0.717) is 0 Å². The van der Waals surface area contributed by atoms with Crippen LogP contribution >= 0.6 is 0 Å². The van der Waals surface area contributed by atoms with Crippen LogP contribution in [0.4, 0.5) is 0 Å². The summed E-state index contributed by atoms with van der Waals surface area (Å²) in [4.78, 5) is 5.25. The van der Waals surface area contributed by atoms with Crippen molar-refractivity contribution >= 4 is 0 Å². The van der Waals surface area contributed by atoms with Gasteiger partial charge in [0.15, 0.2) is 0 Å². The van der Waals surface area contributed by atoms with Crippen LogP contribution in [-0.4, -0.2) is 55.1 Å². The van der Waals surface area contributed by atoms with Crippen LogP contribution in [0.25, 0.3) is 0 Å². The molecule has 0 aromatic carbocycles. The quantitative estimate of drug-likeness (QED) is 0.801. The summed E-state index contributed by atoms with van der Waals surface area (Å²) in [6.07, 6.45) is 9.44. The third kappa shape index (κ3) is 3.71. The number of hydrogen-bond acceptors (Lipinski definition) is 3. The molecule has 2 aliphatic rings. The van der Waals surface area contributed by atoms with E-state index < -0.39 is 0 Å². The van der Waals surface area contributed by atoms with E-state index in [4.69, 9.17) is 5.73 Å². The van der Waals surface area contributed by atoms with Crippen molar-refractivity contribution in [3.63, 3.8) is 0 Å². The van der Waals surface area contributed by atoms with Gasteiger partial charge in [0.05, 0.1) is 0 Å². The Morgan fingerprint density at radius 2 is 2.00 bits per heavy atom. The van der Waals surface area contributed by atoms with Gasteiger partial charge in [-0.15, -0.1) is 0 Å². The number of hydrogen-bond donors (Lipinski definition) is 1. The smallest absolute Gasteiger partial charge is 0.0341 e. The van der Waals surface area contributed by atoms with Gasteiger partial charge in [0.1, 0.15) is 0 Å². The maximum atomic E-state index is 6.20. The van der Waals surface area contributed by atoms with Gasteiger partial charge < -0.3 is 10.6 Å². The number of likely N-dealkylation sites (tertiary alicyclic amines) is 1. The summed E-state index contributed by atoms with van der Waals surface area (Å²) < 4.78 is 0. The summed E-state index contributed by atoms with van der Waals surface area (Å²) in [6, 6.07) is 0. The first-order chi connectivity index (χ1) is 9.20. The zero-order chi connectivity index (χ0) is 13.7. The molecule has 1 unspecified atom stereocenters. The van der Waals surface area contributed by atoms with Crippen molar-refractivity contribution in [2.45, 2.75) is 57.4 Å². The highest BCUT2D eigenvalue weighted by atomic mass is 15.2. The molecule has 19 heavy (non-hydrogen) atoms. The Hall–Kier alpha value is -0.120. The van der Waals surface area contributed by atoms with Crippen LogP contribution in [0.3, 0.4) is 0 Å². The Balaban J connectivity index is 1.92. The molecule has 0 aromatic heterocycles. The second-order valence-corrected chi connectivity index (χ2v) is 6.80. The highest BCUT2D eigenvalue weighted by molar-refractivity contribution is 4.94. The van der Waals surface area contributed by atoms with E-state index in [9.17, 15) is 0 Å². The molecule has 1 atom stereocenters. The normalized spacial score (nSPS) is 30.3. The van der Waals surface area contributed by atoms with Gasteiger partial charge in [0.25, 0.3) is 0 Å². The molecule has 2 N–H and O–H groups in total. The molecular formula is C16H33N3. The van der Waals surface area contributed by atoms with E-state index in [1.165, 1.54) is 71.1 Å². The van der Waals surface area contributed by atoms with Gasteiger partial charge in [0.2, 0.25) is 0 Å². The van der Waals surface area contributed by atoms with Crippen LogP contribution in [-0.2, 0) is 0 Å². The predicted octanol–water partition coefficient (Wildman–Crippen LogP) is 2.31. The molecule has 0 amide bonds. The summed E-state index contributed by atoms with van der Waals surface area (Å²) in [5, 5.41) is 0. The molecule has 0 radical (unpaired) electrons. The largest absolute Gasteiger partial charge is 0.329 e. The van der Waals surface area contributed by atoms with Crippen molar-refractivity contribution < 1.29 is 0 Å². The average Bonchev–Trinajstić information content (AvgIpc) is 2.57. The van der Waals surface area contributed by atoms with Gasteiger partial charge in [-0.3, -0.25) is 4.90 Å². The molecule has 2 fully saturated rings. The molecule has 1 saturated heterocycles.